The van der Waals surface area contributed by atoms with Crippen molar-refractivity contribution >= 4 is 33.1 Å². The zero-order valence-electron chi connectivity index (χ0n) is 20.5. The van der Waals surface area contributed by atoms with Crippen LogP contribution in [0, 0.1) is 0 Å². The Kier molecular flexibility index (Phi) is 7.89. The van der Waals surface area contributed by atoms with E-state index in [-0.39, 0.29) is 39.7 Å². The van der Waals surface area contributed by atoms with E-state index in [0.717, 1.165) is 16.7 Å². The van der Waals surface area contributed by atoms with Crippen molar-refractivity contribution in [2.45, 2.75) is 64.2 Å². The summed E-state index contributed by atoms with van der Waals surface area (Å²) in [5.41, 5.74) is 3.52. The molecule has 0 unspecified atom stereocenters. The summed E-state index contributed by atoms with van der Waals surface area (Å²) in [6.45, 7) is 12.2. The third-order valence-corrected chi connectivity index (χ3v) is 7.59. The van der Waals surface area contributed by atoms with Gasteiger partial charge in [0, 0.05) is 16.1 Å². The van der Waals surface area contributed by atoms with Gasteiger partial charge < -0.3 is 0 Å². The van der Waals surface area contributed by atoms with Gasteiger partial charge in [-0.3, -0.25) is 9.52 Å². The fourth-order valence-electron chi connectivity index (χ4n) is 3.93. The van der Waals surface area contributed by atoms with Crippen LogP contribution in [0.15, 0.2) is 65.6 Å². The molecule has 0 aliphatic heterocycles. The summed E-state index contributed by atoms with van der Waals surface area (Å²) in [4.78, 5) is 13.5. The average molecular weight is 498 g/mol. The second-order valence-electron chi connectivity index (χ2n) is 9.48. The molecule has 0 amide bonds. The molecule has 6 heteroatoms. The average Bonchev–Trinajstić information content (AvgIpc) is 2.79. The van der Waals surface area contributed by atoms with E-state index in [0.29, 0.717) is 10.6 Å². The molecule has 3 rings (SSSR count). The molecule has 180 valence electrons. The summed E-state index contributed by atoms with van der Waals surface area (Å²) >= 11 is 6.19. The van der Waals surface area contributed by atoms with Gasteiger partial charge >= 0.3 is 0 Å². The highest BCUT2D eigenvalue weighted by atomic mass is 35.5. The Bertz CT molecular complexity index is 1270. The molecule has 0 saturated carbocycles. The number of nitrogens with one attached hydrogen (secondary N) is 1. The van der Waals surface area contributed by atoms with Crippen LogP contribution in [-0.2, 0) is 10.0 Å². The summed E-state index contributed by atoms with van der Waals surface area (Å²) in [5, 5.41) is 0.356. The SMILES string of the molecule is CC(C)c1cc(C(C)C)c(S(=O)(=O)Nc2ccc(Cl)cc2C(=O)c2ccccc2)c(C(C)C)c1. The molecule has 0 spiro atoms. The number of halogens is 1. The molecule has 0 fully saturated rings. The van der Waals surface area contributed by atoms with E-state index < -0.39 is 10.0 Å². The number of carbonyl (C=O) groups is 1. The lowest BCUT2D eigenvalue weighted by Gasteiger charge is -2.23. The maximum Gasteiger partial charge on any atom is 0.262 e. The summed E-state index contributed by atoms with van der Waals surface area (Å²) in [7, 11) is -4.00. The van der Waals surface area contributed by atoms with Crippen molar-refractivity contribution in [2.24, 2.45) is 0 Å². The highest BCUT2D eigenvalue weighted by Crippen LogP contribution is 2.36. The Morgan fingerprint density at radius 2 is 1.35 bits per heavy atom. The Labute approximate surface area is 208 Å². The van der Waals surface area contributed by atoms with E-state index in [9.17, 15) is 13.2 Å². The van der Waals surface area contributed by atoms with Crippen molar-refractivity contribution in [1.82, 2.24) is 0 Å². The largest absolute Gasteiger partial charge is 0.289 e. The predicted octanol–water partition coefficient (Wildman–Crippen LogP) is 7.74. The van der Waals surface area contributed by atoms with Crippen LogP contribution in [0.25, 0.3) is 0 Å². The van der Waals surface area contributed by atoms with E-state index in [2.05, 4.69) is 18.6 Å². The molecule has 1 N–H and O–H groups in total. The maximum absolute atomic E-state index is 13.9. The first-order valence-corrected chi connectivity index (χ1v) is 13.4. The summed E-state index contributed by atoms with van der Waals surface area (Å²) < 4.78 is 30.5. The highest BCUT2D eigenvalue weighted by Gasteiger charge is 2.28. The van der Waals surface area contributed by atoms with Gasteiger partial charge in [-0.2, -0.15) is 0 Å². The fourth-order valence-corrected chi connectivity index (χ4v) is 5.89. The van der Waals surface area contributed by atoms with Crippen LogP contribution in [0.3, 0.4) is 0 Å². The molecule has 0 aliphatic rings. The van der Waals surface area contributed by atoms with Crippen molar-refractivity contribution in [3.05, 3.63) is 93.5 Å². The van der Waals surface area contributed by atoms with Gasteiger partial charge in [-0.15, -0.1) is 0 Å². The van der Waals surface area contributed by atoms with E-state index >= 15 is 0 Å². The molecule has 0 aliphatic carbocycles. The van der Waals surface area contributed by atoms with Crippen molar-refractivity contribution in [3.63, 3.8) is 0 Å². The van der Waals surface area contributed by atoms with Gasteiger partial charge in [0.05, 0.1) is 10.6 Å². The highest BCUT2D eigenvalue weighted by molar-refractivity contribution is 7.92. The molecule has 0 radical (unpaired) electrons. The third-order valence-electron chi connectivity index (χ3n) is 5.85. The van der Waals surface area contributed by atoms with E-state index in [4.69, 9.17) is 11.6 Å². The topological polar surface area (TPSA) is 63.2 Å². The summed E-state index contributed by atoms with van der Waals surface area (Å²) in [5.74, 6) is -0.0352. The maximum atomic E-state index is 13.9. The van der Waals surface area contributed by atoms with Crippen molar-refractivity contribution in [3.8, 4) is 0 Å². The standard InChI is InChI=1S/C28H32ClNO3S/c1-17(2)21-14-23(18(3)4)28(24(15-21)19(5)6)34(32,33)30-26-13-12-22(29)16-25(26)27(31)20-10-8-7-9-11-20/h7-19,30H,1-6H3. The lowest BCUT2D eigenvalue weighted by molar-refractivity contribution is 0.103. The van der Waals surface area contributed by atoms with Crippen LogP contribution in [0.5, 0.6) is 0 Å². The molecule has 4 nitrogen and oxygen atoms in total. The van der Waals surface area contributed by atoms with Gasteiger partial charge in [-0.1, -0.05) is 95.6 Å². The minimum atomic E-state index is -4.00. The van der Waals surface area contributed by atoms with E-state index in [1.807, 2.05) is 45.9 Å². The number of ketones is 1. The second kappa shape index (κ2) is 10.3. The first kappa shape index (κ1) is 26.0. The lowest BCUT2D eigenvalue weighted by atomic mass is 9.89. The number of rotatable bonds is 8. The van der Waals surface area contributed by atoms with Crippen LogP contribution < -0.4 is 4.72 Å². The van der Waals surface area contributed by atoms with Crippen LogP contribution in [-0.4, -0.2) is 14.2 Å². The van der Waals surface area contributed by atoms with Crippen LogP contribution >= 0.6 is 11.6 Å². The van der Waals surface area contributed by atoms with Crippen molar-refractivity contribution in [1.29, 1.82) is 0 Å². The van der Waals surface area contributed by atoms with E-state index in [1.165, 1.54) is 6.07 Å². The van der Waals surface area contributed by atoms with Gasteiger partial charge in [0.15, 0.2) is 5.78 Å². The summed E-state index contributed by atoms with van der Waals surface area (Å²) in [6, 6.07) is 17.4. The summed E-state index contributed by atoms with van der Waals surface area (Å²) in [6.07, 6.45) is 0. The zero-order chi connectivity index (χ0) is 25.2. The van der Waals surface area contributed by atoms with Crippen LogP contribution in [0.2, 0.25) is 5.02 Å². The minimum absolute atomic E-state index is 0.00147. The molecular weight excluding hydrogens is 466 g/mol. The molecule has 0 heterocycles. The quantitative estimate of drug-likeness (QED) is 0.323. The molecule has 0 aromatic heterocycles. The number of hydrogen-bond acceptors (Lipinski definition) is 3. The van der Waals surface area contributed by atoms with Gasteiger partial charge in [0.2, 0.25) is 0 Å². The molecule has 3 aromatic carbocycles. The Hall–Kier alpha value is -2.63. The Morgan fingerprint density at radius 3 is 1.85 bits per heavy atom. The molecule has 3 aromatic rings. The van der Waals surface area contributed by atoms with E-state index in [1.54, 1.807) is 36.4 Å². The number of carbonyl (C=O) groups excluding carboxylic acids is 1. The lowest BCUT2D eigenvalue weighted by Crippen LogP contribution is -2.20. The smallest absolute Gasteiger partial charge is 0.262 e. The van der Waals surface area contributed by atoms with Gasteiger partial charge in [-0.25, -0.2) is 8.42 Å². The third kappa shape index (κ3) is 5.53. The molecule has 0 bridgehead atoms. The Balaban J connectivity index is 2.18. The fraction of sp³-hybridized carbons (Fsp3) is 0.321. The molecule has 34 heavy (non-hydrogen) atoms. The van der Waals surface area contributed by atoms with Gasteiger partial charge in [0.25, 0.3) is 10.0 Å². The number of sulfonamides is 1. The number of hydrogen-bond donors (Lipinski definition) is 1. The normalized spacial score (nSPS) is 11.9. The number of benzene rings is 3. The van der Waals surface area contributed by atoms with Crippen LogP contribution in [0.1, 0.15) is 91.9 Å². The Morgan fingerprint density at radius 1 is 0.794 bits per heavy atom. The van der Waals surface area contributed by atoms with Gasteiger partial charge in [0.1, 0.15) is 0 Å². The molecular formula is C28H32ClNO3S. The van der Waals surface area contributed by atoms with Crippen LogP contribution in [0.4, 0.5) is 5.69 Å². The molecule has 0 atom stereocenters. The predicted molar refractivity (Wildman–Crippen MR) is 141 cm³/mol. The van der Waals surface area contributed by atoms with Crippen molar-refractivity contribution in [2.75, 3.05) is 4.72 Å². The zero-order valence-corrected chi connectivity index (χ0v) is 22.1. The van der Waals surface area contributed by atoms with Gasteiger partial charge in [-0.05, 0) is 52.6 Å². The number of anilines is 1. The first-order chi connectivity index (χ1) is 15.9. The molecule has 0 saturated heterocycles. The first-order valence-electron chi connectivity index (χ1n) is 11.5. The minimum Gasteiger partial charge on any atom is -0.289 e. The monoisotopic (exact) mass is 497 g/mol. The second-order valence-corrected chi connectivity index (χ2v) is 11.5. The van der Waals surface area contributed by atoms with Crippen molar-refractivity contribution < 1.29 is 13.2 Å².